The van der Waals surface area contributed by atoms with Gasteiger partial charge in [-0.2, -0.15) is 0 Å². The molecular formula is C30H36N6O6. The minimum Gasteiger partial charge on any atom is -0.493 e. The standard InChI is InChI=1S/C30H36N6O6/c1-30(2,3)26-18-27(35-42-26)34-29(37)33-20-7-5-8-21(15-20)41-28-22-16-24(38-4)25(17-23(22)31-19-32-28)40-12-6-9-36-10-13-39-14-11-36/h5,7-8,15-19H,6,9-14H2,1-4H3,(H2,33,34,35,37). The van der Waals surface area contributed by atoms with Gasteiger partial charge >= 0.3 is 6.03 Å². The molecule has 42 heavy (non-hydrogen) atoms. The Hall–Kier alpha value is -4.42. The lowest BCUT2D eigenvalue weighted by atomic mass is 9.93. The number of hydrogen-bond donors (Lipinski definition) is 2. The van der Waals surface area contributed by atoms with E-state index in [-0.39, 0.29) is 5.41 Å². The van der Waals surface area contributed by atoms with Crippen LogP contribution in [0.15, 0.2) is 53.3 Å². The minimum atomic E-state index is -0.462. The van der Waals surface area contributed by atoms with Crippen molar-refractivity contribution in [3.63, 3.8) is 0 Å². The number of amides is 2. The Balaban J connectivity index is 1.23. The molecule has 0 spiro atoms. The molecule has 0 aliphatic carbocycles. The number of carbonyl (C=O) groups excluding carboxylic acids is 1. The van der Waals surface area contributed by atoms with E-state index in [2.05, 4.69) is 30.7 Å². The average Bonchev–Trinajstić information content (AvgIpc) is 3.45. The lowest BCUT2D eigenvalue weighted by Crippen LogP contribution is -2.37. The fourth-order valence-corrected chi connectivity index (χ4v) is 4.40. The number of carbonyl (C=O) groups is 1. The molecule has 1 saturated heterocycles. The fourth-order valence-electron chi connectivity index (χ4n) is 4.40. The van der Waals surface area contributed by atoms with Crippen LogP contribution in [0.4, 0.5) is 16.3 Å². The lowest BCUT2D eigenvalue weighted by molar-refractivity contribution is 0.0357. The highest BCUT2D eigenvalue weighted by Crippen LogP contribution is 2.36. The Morgan fingerprint density at radius 1 is 1.05 bits per heavy atom. The van der Waals surface area contributed by atoms with E-state index in [9.17, 15) is 4.79 Å². The second-order valence-electron chi connectivity index (χ2n) is 10.9. The molecule has 0 bridgehead atoms. The first-order chi connectivity index (χ1) is 20.3. The highest BCUT2D eigenvalue weighted by molar-refractivity contribution is 5.99. The van der Waals surface area contributed by atoms with Gasteiger partial charge in [-0.15, -0.1) is 0 Å². The van der Waals surface area contributed by atoms with Crippen LogP contribution in [0.3, 0.4) is 0 Å². The van der Waals surface area contributed by atoms with Gasteiger partial charge in [-0.3, -0.25) is 10.2 Å². The van der Waals surface area contributed by atoms with Gasteiger partial charge in [-0.05, 0) is 24.6 Å². The quantitative estimate of drug-likeness (QED) is 0.234. The molecule has 1 aliphatic heterocycles. The van der Waals surface area contributed by atoms with Crippen molar-refractivity contribution < 1.29 is 28.3 Å². The molecule has 3 heterocycles. The monoisotopic (exact) mass is 576 g/mol. The maximum Gasteiger partial charge on any atom is 0.324 e. The van der Waals surface area contributed by atoms with Crippen molar-refractivity contribution in [2.24, 2.45) is 0 Å². The lowest BCUT2D eigenvalue weighted by Gasteiger charge is -2.26. The van der Waals surface area contributed by atoms with E-state index in [0.29, 0.717) is 57.9 Å². The number of methoxy groups -OCH3 is 1. The first-order valence-electron chi connectivity index (χ1n) is 13.9. The first kappa shape index (κ1) is 29.1. The zero-order chi connectivity index (χ0) is 29.5. The average molecular weight is 577 g/mol. The molecule has 4 aromatic rings. The molecule has 5 rings (SSSR count). The number of aromatic nitrogens is 3. The van der Waals surface area contributed by atoms with Crippen molar-refractivity contribution in [3.8, 4) is 23.1 Å². The van der Waals surface area contributed by atoms with E-state index in [0.717, 1.165) is 39.3 Å². The predicted molar refractivity (Wildman–Crippen MR) is 158 cm³/mol. The number of rotatable bonds is 10. The van der Waals surface area contributed by atoms with Crippen LogP contribution >= 0.6 is 0 Å². The van der Waals surface area contributed by atoms with Crippen molar-refractivity contribution in [2.75, 3.05) is 57.2 Å². The van der Waals surface area contributed by atoms with Crippen LogP contribution in [-0.4, -0.2) is 72.6 Å². The number of nitrogens with zero attached hydrogens (tertiary/aromatic N) is 4. The Labute approximate surface area is 244 Å². The number of fused-ring (bicyclic) bond motifs is 1. The minimum absolute atomic E-state index is 0.220. The third-order valence-corrected chi connectivity index (χ3v) is 6.66. The number of ether oxygens (including phenoxy) is 4. The molecule has 222 valence electrons. The molecule has 1 fully saturated rings. The van der Waals surface area contributed by atoms with Crippen molar-refractivity contribution in [3.05, 3.63) is 54.6 Å². The van der Waals surface area contributed by atoms with Gasteiger partial charge < -0.3 is 28.8 Å². The Morgan fingerprint density at radius 2 is 1.88 bits per heavy atom. The number of nitrogens with one attached hydrogen (secondary N) is 2. The largest absolute Gasteiger partial charge is 0.493 e. The van der Waals surface area contributed by atoms with Crippen LogP contribution in [-0.2, 0) is 10.2 Å². The number of urea groups is 1. The second kappa shape index (κ2) is 13.0. The van der Waals surface area contributed by atoms with Crippen LogP contribution in [0.1, 0.15) is 33.0 Å². The van der Waals surface area contributed by atoms with Crippen molar-refractivity contribution >= 4 is 28.4 Å². The summed E-state index contributed by atoms with van der Waals surface area (Å²) in [4.78, 5) is 23.7. The molecule has 2 amide bonds. The maximum atomic E-state index is 12.6. The maximum absolute atomic E-state index is 12.6. The fraction of sp³-hybridized carbons (Fsp3) is 0.400. The zero-order valence-corrected chi connectivity index (χ0v) is 24.3. The first-order valence-corrected chi connectivity index (χ1v) is 13.9. The third kappa shape index (κ3) is 7.45. The van der Waals surface area contributed by atoms with Crippen molar-refractivity contribution in [1.29, 1.82) is 0 Å². The third-order valence-electron chi connectivity index (χ3n) is 6.66. The predicted octanol–water partition coefficient (Wildman–Crippen LogP) is 5.46. The Kier molecular flexibility index (Phi) is 9.03. The summed E-state index contributed by atoms with van der Waals surface area (Å²) in [5, 5.41) is 10.0. The summed E-state index contributed by atoms with van der Waals surface area (Å²) >= 11 is 0. The summed E-state index contributed by atoms with van der Waals surface area (Å²) in [5.41, 5.74) is 0.954. The van der Waals surface area contributed by atoms with E-state index in [1.54, 1.807) is 43.5 Å². The van der Waals surface area contributed by atoms with E-state index in [1.165, 1.54) is 6.33 Å². The van der Waals surface area contributed by atoms with Gasteiger partial charge in [0.05, 0.1) is 37.8 Å². The van der Waals surface area contributed by atoms with Crippen molar-refractivity contribution in [2.45, 2.75) is 32.6 Å². The molecule has 0 unspecified atom stereocenters. The van der Waals surface area contributed by atoms with Gasteiger partial charge in [-0.25, -0.2) is 14.8 Å². The molecular weight excluding hydrogens is 540 g/mol. The molecule has 2 aromatic carbocycles. The van der Waals surface area contributed by atoms with Crippen molar-refractivity contribution in [1.82, 2.24) is 20.0 Å². The Bertz CT molecular complexity index is 1510. The molecule has 0 atom stereocenters. The van der Waals surface area contributed by atoms with Crippen LogP contribution < -0.4 is 24.8 Å². The van der Waals surface area contributed by atoms with Gasteiger partial charge in [0.2, 0.25) is 5.88 Å². The van der Waals surface area contributed by atoms with Gasteiger partial charge in [0, 0.05) is 48.9 Å². The summed E-state index contributed by atoms with van der Waals surface area (Å²) < 4.78 is 28.5. The Morgan fingerprint density at radius 3 is 2.64 bits per heavy atom. The van der Waals surface area contributed by atoms with E-state index < -0.39 is 6.03 Å². The molecule has 2 N–H and O–H groups in total. The van der Waals surface area contributed by atoms with Crippen LogP contribution in [0.25, 0.3) is 10.9 Å². The summed E-state index contributed by atoms with van der Waals surface area (Å²) in [7, 11) is 1.59. The normalized spacial score (nSPS) is 14.0. The van der Waals surface area contributed by atoms with Crippen LogP contribution in [0, 0.1) is 0 Å². The SMILES string of the molecule is COc1cc2c(Oc3cccc(NC(=O)Nc4cc(C(C)(C)C)on4)c3)ncnc2cc1OCCCN1CCOCC1. The van der Waals surface area contributed by atoms with Crippen LogP contribution in [0.2, 0.25) is 0 Å². The number of hydrogen-bond acceptors (Lipinski definition) is 10. The number of anilines is 2. The van der Waals surface area contributed by atoms with Crippen LogP contribution in [0.5, 0.6) is 23.1 Å². The summed E-state index contributed by atoms with van der Waals surface area (Å²) in [5.74, 6) is 2.98. The molecule has 12 heteroatoms. The van der Waals surface area contributed by atoms with Gasteiger partial charge in [0.15, 0.2) is 17.3 Å². The van der Waals surface area contributed by atoms with Gasteiger partial charge in [0.1, 0.15) is 17.8 Å². The summed E-state index contributed by atoms with van der Waals surface area (Å²) in [6.45, 7) is 11.0. The topological polar surface area (TPSA) is 133 Å². The van der Waals surface area contributed by atoms with E-state index in [1.807, 2.05) is 26.8 Å². The molecule has 1 aliphatic rings. The molecule has 12 nitrogen and oxygen atoms in total. The molecule has 0 radical (unpaired) electrons. The van der Waals surface area contributed by atoms with Gasteiger partial charge in [-0.1, -0.05) is 32.0 Å². The smallest absolute Gasteiger partial charge is 0.324 e. The molecule has 2 aromatic heterocycles. The summed E-state index contributed by atoms with van der Waals surface area (Å²) in [6, 6.07) is 11.9. The van der Waals surface area contributed by atoms with E-state index in [4.69, 9.17) is 23.5 Å². The van der Waals surface area contributed by atoms with Gasteiger partial charge in [0.25, 0.3) is 0 Å². The zero-order valence-electron chi connectivity index (χ0n) is 24.3. The highest BCUT2D eigenvalue weighted by Gasteiger charge is 2.20. The summed E-state index contributed by atoms with van der Waals surface area (Å²) in [6.07, 6.45) is 2.32. The second-order valence-corrected chi connectivity index (χ2v) is 10.9. The number of benzene rings is 2. The van der Waals surface area contributed by atoms with E-state index >= 15 is 0 Å². The molecule has 0 saturated carbocycles. The highest BCUT2D eigenvalue weighted by atomic mass is 16.5. The number of morpholine rings is 1.